The van der Waals surface area contributed by atoms with Gasteiger partial charge in [0.2, 0.25) is 0 Å². The number of nitrogens with one attached hydrogen (secondary N) is 1. The van der Waals surface area contributed by atoms with Crippen molar-refractivity contribution in [3.05, 3.63) is 18.2 Å². The Labute approximate surface area is 114 Å². The Hall–Kier alpha value is -1.46. The first-order chi connectivity index (χ1) is 9.31. The quantitative estimate of drug-likeness (QED) is 0.660. The Bertz CT molecular complexity index is 357. The summed E-state index contributed by atoms with van der Waals surface area (Å²) in [5, 5.41) is 3.31. The number of anilines is 1. The monoisotopic (exact) mass is 269 g/mol. The number of benzene rings is 1. The summed E-state index contributed by atoms with van der Waals surface area (Å²) in [6.45, 7) is 2.80. The third-order valence-corrected chi connectivity index (χ3v) is 2.62. The SMILES string of the molecule is COCCOCCCNc1cc(OC)ccc1OC. The molecule has 0 aliphatic heterocycles. The van der Waals surface area contributed by atoms with E-state index in [9.17, 15) is 0 Å². The minimum atomic E-state index is 0.636. The summed E-state index contributed by atoms with van der Waals surface area (Å²) >= 11 is 0. The molecular weight excluding hydrogens is 246 g/mol. The lowest BCUT2D eigenvalue weighted by Gasteiger charge is -2.12. The van der Waals surface area contributed by atoms with Gasteiger partial charge in [-0.05, 0) is 18.6 Å². The van der Waals surface area contributed by atoms with E-state index in [2.05, 4.69) is 5.32 Å². The van der Waals surface area contributed by atoms with Gasteiger partial charge in [-0.3, -0.25) is 0 Å². The molecule has 0 unspecified atom stereocenters. The third kappa shape index (κ3) is 5.81. The van der Waals surface area contributed by atoms with Gasteiger partial charge in [-0.1, -0.05) is 0 Å². The summed E-state index contributed by atoms with van der Waals surface area (Å²) in [7, 11) is 4.97. The Morgan fingerprint density at radius 2 is 1.84 bits per heavy atom. The van der Waals surface area contributed by atoms with Gasteiger partial charge in [0.1, 0.15) is 11.5 Å². The molecule has 0 bridgehead atoms. The molecule has 0 spiro atoms. The van der Waals surface area contributed by atoms with Gasteiger partial charge in [0.15, 0.2) is 0 Å². The fourth-order valence-corrected chi connectivity index (χ4v) is 1.59. The second kappa shape index (κ2) is 9.47. The van der Waals surface area contributed by atoms with Gasteiger partial charge in [0.05, 0.1) is 33.1 Å². The standard InChI is InChI=1S/C14H23NO4/c1-16-9-10-19-8-4-7-15-13-11-12(17-2)5-6-14(13)18-3/h5-6,11,15H,4,7-10H2,1-3H3. The first-order valence-electron chi connectivity index (χ1n) is 6.34. The highest BCUT2D eigenvalue weighted by molar-refractivity contribution is 5.59. The predicted molar refractivity (Wildman–Crippen MR) is 75.3 cm³/mol. The molecule has 19 heavy (non-hydrogen) atoms. The molecule has 0 saturated carbocycles. The molecule has 1 aromatic carbocycles. The molecular formula is C14H23NO4. The molecule has 5 nitrogen and oxygen atoms in total. The molecule has 1 aromatic rings. The number of hydrogen-bond donors (Lipinski definition) is 1. The smallest absolute Gasteiger partial charge is 0.142 e. The van der Waals surface area contributed by atoms with Crippen LogP contribution in [-0.4, -0.2) is 47.7 Å². The van der Waals surface area contributed by atoms with E-state index >= 15 is 0 Å². The van der Waals surface area contributed by atoms with Crippen molar-refractivity contribution < 1.29 is 18.9 Å². The first kappa shape index (κ1) is 15.6. The Kier molecular flexibility index (Phi) is 7.77. The topological polar surface area (TPSA) is 49.0 Å². The molecule has 0 saturated heterocycles. The molecule has 5 heteroatoms. The van der Waals surface area contributed by atoms with Crippen LogP contribution < -0.4 is 14.8 Å². The van der Waals surface area contributed by atoms with Crippen LogP contribution in [0.4, 0.5) is 5.69 Å². The van der Waals surface area contributed by atoms with E-state index in [0.717, 1.165) is 30.2 Å². The Morgan fingerprint density at radius 1 is 1.00 bits per heavy atom. The molecule has 0 radical (unpaired) electrons. The lowest BCUT2D eigenvalue weighted by atomic mass is 10.2. The Morgan fingerprint density at radius 3 is 2.53 bits per heavy atom. The van der Waals surface area contributed by atoms with Crippen molar-refractivity contribution in [3.63, 3.8) is 0 Å². The third-order valence-electron chi connectivity index (χ3n) is 2.62. The van der Waals surface area contributed by atoms with Crippen LogP contribution in [0.3, 0.4) is 0 Å². The predicted octanol–water partition coefficient (Wildman–Crippen LogP) is 2.17. The average molecular weight is 269 g/mol. The van der Waals surface area contributed by atoms with Crippen LogP contribution in [0.5, 0.6) is 11.5 Å². The molecule has 0 aromatic heterocycles. The van der Waals surface area contributed by atoms with Crippen molar-refractivity contribution in [1.82, 2.24) is 0 Å². The van der Waals surface area contributed by atoms with E-state index in [1.165, 1.54) is 0 Å². The first-order valence-corrected chi connectivity index (χ1v) is 6.34. The second-order valence-electron chi connectivity index (χ2n) is 3.95. The van der Waals surface area contributed by atoms with Crippen molar-refractivity contribution in [1.29, 1.82) is 0 Å². The summed E-state index contributed by atoms with van der Waals surface area (Å²) in [6.07, 6.45) is 0.921. The zero-order valence-corrected chi connectivity index (χ0v) is 11.9. The van der Waals surface area contributed by atoms with E-state index in [-0.39, 0.29) is 0 Å². The highest BCUT2D eigenvalue weighted by Crippen LogP contribution is 2.28. The van der Waals surface area contributed by atoms with Gasteiger partial charge < -0.3 is 24.3 Å². The highest BCUT2D eigenvalue weighted by Gasteiger charge is 2.03. The van der Waals surface area contributed by atoms with E-state index in [1.54, 1.807) is 21.3 Å². The lowest BCUT2D eigenvalue weighted by molar-refractivity contribution is 0.0705. The van der Waals surface area contributed by atoms with Crippen molar-refractivity contribution in [3.8, 4) is 11.5 Å². The maximum absolute atomic E-state index is 5.39. The summed E-state index contributed by atoms with van der Waals surface area (Å²) in [5.74, 6) is 1.61. The summed E-state index contributed by atoms with van der Waals surface area (Å²) in [5.41, 5.74) is 0.929. The molecule has 0 aliphatic carbocycles. The van der Waals surface area contributed by atoms with Gasteiger partial charge in [-0.25, -0.2) is 0 Å². The van der Waals surface area contributed by atoms with Crippen LogP contribution in [0.2, 0.25) is 0 Å². The van der Waals surface area contributed by atoms with Gasteiger partial charge in [0, 0.05) is 26.3 Å². The van der Waals surface area contributed by atoms with Crippen molar-refractivity contribution in [2.45, 2.75) is 6.42 Å². The molecule has 1 N–H and O–H groups in total. The van der Waals surface area contributed by atoms with Crippen LogP contribution in [0.25, 0.3) is 0 Å². The lowest BCUT2D eigenvalue weighted by Crippen LogP contribution is -2.09. The summed E-state index contributed by atoms with van der Waals surface area (Å²) in [4.78, 5) is 0. The maximum atomic E-state index is 5.39. The zero-order valence-electron chi connectivity index (χ0n) is 11.9. The van der Waals surface area contributed by atoms with E-state index < -0.39 is 0 Å². The molecule has 1 rings (SSSR count). The Balaban J connectivity index is 2.31. The van der Waals surface area contributed by atoms with Crippen molar-refractivity contribution in [2.24, 2.45) is 0 Å². The second-order valence-corrected chi connectivity index (χ2v) is 3.95. The number of ether oxygens (including phenoxy) is 4. The zero-order chi connectivity index (χ0) is 13.9. The molecule has 0 atom stereocenters. The van der Waals surface area contributed by atoms with Crippen LogP contribution >= 0.6 is 0 Å². The fourth-order valence-electron chi connectivity index (χ4n) is 1.59. The largest absolute Gasteiger partial charge is 0.497 e. The van der Waals surface area contributed by atoms with Gasteiger partial charge in [-0.15, -0.1) is 0 Å². The minimum Gasteiger partial charge on any atom is -0.497 e. The number of methoxy groups -OCH3 is 3. The van der Waals surface area contributed by atoms with Crippen LogP contribution in [-0.2, 0) is 9.47 Å². The van der Waals surface area contributed by atoms with E-state index in [1.807, 2.05) is 18.2 Å². The van der Waals surface area contributed by atoms with Gasteiger partial charge in [-0.2, -0.15) is 0 Å². The van der Waals surface area contributed by atoms with Crippen molar-refractivity contribution >= 4 is 5.69 Å². The molecule has 108 valence electrons. The van der Waals surface area contributed by atoms with E-state index in [0.29, 0.717) is 19.8 Å². The number of rotatable bonds is 10. The molecule has 0 fully saturated rings. The fraction of sp³-hybridized carbons (Fsp3) is 0.571. The minimum absolute atomic E-state index is 0.636. The highest BCUT2D eigenvalue weighted by atomic mass is 16.5. The van der Waals surface area contributed by atoms with Crippen LogP contribution in [0, 0.1) is 0 Å². The summed E-state index contributed by atoms with van der Waals surface area (Å²) in [6, 6.07) is 5.68. The normalized spacial score (nSPS) is 10.3. The molecule has 0 amide bonds. The van der Waals surface area contributed by atoms with E-state index in [4.69, 9.17) is 18.9 Å². The van der Waals surface area contributed by atoms with Crippen LogP contribution in [0.15, 0.2) is 18.2 Å². The maximum Gasteiger partial charge on any atom is 0.142 e. The van der Waals surface area contributed by atoms with Crippen molar-refractivity contribution in [2.75, 3.05) is 53.0 Å². The number of hydrogen-bond acceptors (Lipinski definition) is 5. The molecule has 0 aliphatic rings. The summed E-state index contributed by atoms with van der Waals surface area (Å²) < 4.78 is 20.8. The average Bonchev–Trinajstić information content (AvgIpc) is 2.46. The molecule has 0 heterocycles. The van der Waals surface area contributed by atoms with Gasteiger partial charge in [0.25, 0.3) is 0 Å². The van der Waals surface area contributed by atoms with Crippen LogP contribution in [0.1, 0.15) is 6.42 Å². The van der Waals surface area contributed by atoms with Gasteiger partial charge >= 0.3 is 0 Å².